The van der Waals surface area contributed by atoms with Crippen molar-refractivity contribution in [3.63, 3.8) is 0 Å². The average Bonchev–Trinajstić information content (AvgIpc) is 2.11. The summed E-state index contributed by atoms with van der Waals surface area (Å²) in [7, 11) is 1.30. The number of nitrogens with zero attached hydrogens (tertiary/aromatic N) is 1. The molecule has 0 aliphatic rings. The second kappa shape index (κ2) is 6.04. The summed E-state index contributed by atoms with van der Waals surface area (Å²) in [4.78, 5) is 22.9. The fourth-order valence-electron chi connectivity index (χ4n) is 1.05. The molecule has 0 radical (unpaired) electrons. The first-order chi connectivity index (χ1) is 7.95. The van der Waals surface area contributed by atoms with Crippen LogP contribution in [0.4, 0.5) is 4.79 Å². The Hall–Kier alpha value is -1.30. The molecule has 6 heteroatoms. The van der Waals surface area contributed by atoms with Gasteiger partial charge in [0, 0.05) is 5.54 Å². The number of carbonyl (C=O) groups excluding carboxylic acids is 2. The molecule has 1 N–H and O–H groups in total. The van der Waals surface area contributed by atoms with Gasteiger partial charge in [0.2, 0.25) is 0 Å². The second-order valence-corrected chi connectivity index (χ2v) is 5.95. The van der Waals surface area contributed by atoms with Crippen LogP contribution in [0.5, 0.6) is 0 Å². The van der Waals surface area contributed by atoms with Crippen LogP contribution >= 0.6 is 0 Å². The van der Waals surface area contributed by atoms with Gasteiger partial charge in [0.1, 0.15) is 12.1 Å². The summed E-state index contributed by atoms with van der Waals surface area (Å²) in [5, 5.41) is 1.48. The number of hydrogen-bond acceptors (Lipinski definition) is 5. The molecule has 0 aromatic rings. The lowest BCUT2D eigenvalue weighted by molar-refractivity contribution is -0.144. The molecule has 0 bridgehead atoms. The number of hydrazine groups is 1. The van der Waals surface area contributed by atoms with Gasteiger partial charge in [-0.1, -0.05) is 0 Å². The normalized spacial score (nSPS) is 12.2. The van der Waals surface area contributed by atoms with Gasteiger partial charge in [-0.25, -0.2) is 9.80 Å². The fraction of sp³-hybridized carbons (Fsp3) is 0.833. The number of nitrogens with one attached hydrogen (secondary N) is 1. The van der Waals surface area contributed by atoms with Gasteiger partial charge in [0.05, 0.1) is 7.11 Å². The van der Waals surface area contributed by atoms with E-state index >= 15 is 0 Å². The van der Waals surface area contributed by atoms with Crippen molar-refractivity contribution in [3.8, 4) is 0 Å². The Bertz CT molecular complexity index is 302. The number of esters is 1. The van der Waals surface area contributed by atoms with Crippen molar-refractivity contribution < 1.29 is 19.1 Å². The summed E-state index contributed by atoms with van der Waals surface area (Å²) in [5.74, 6) is -0.430. The number of methoxy groups -OCH3 is 1. The molecule has 0 aliphatic carbocycles. The first kappa shape index (κ1) is 16.7. The summed E-state index contributed by atoms with van der Waals surface area (Å²) in [6.45, 7) is 10.9. The predicted molar refractivity (Wildman–Crippen MR) is 67.8 cm³/mol. The van der Waals surface area contributed by atoms with Crippen LogP contribution in [0, 0.1) is 0 Å². The number of amides is 1. The first-order valence-electron chi connectivity index (χ1n) is 5.80. The van der Waals surface area contributed by atoms with Gasteiger partial charge in [-0.3, -0.25) is 10.2 Å². The summed E-state index contributed by atoms with van der Waals surface area (Å²) in [5.41, 5.74) is 1.54. The van der Waals surface area contributed by atoms with Gasteiger partial charge in [0.15, 0.2) is 0 Å². The minimum absolute atomic E-state index is 0.0424. The van der Waals surface area contributed by atoms with Crippen molar-refractivity contribution in [3.05, 3.63) is 0 Å². The molecule has 1 amide bonds. The fourth-order valence-corrected chi connectivity index (χ4v) is 1.05. The van der Waals surface area contributed by atoms with Gasteiger partial charge >= 0.3 is 12.1 Å². The monoisotopic (exact) mass is 260 g/mol. The second-order valence-electron chi connectivity index (χ2n) is 5.95. The van der Waals surface area contributed by atoms with Gasteiger partial charge in [0.25, 0.3) is 0 Å². The third-order valence-corrected chi connectivity index (χ3v) is 1.95. The number of rotatable bonds is 3. The lowest BCUT2D eigenvalue weighted by Crippen LogP contribution is -2.55. The zero-order valence-corrected chi connectivity index (χ0v) is 12.3. The Labute approximate surface area is 109 Å². The maximum atomic E-state index is 11.7. The van der Waals surface area contributed by atoms with Crippen LogP contribution in [0.3, 0.4) is 0 Å². The molecule has 0 aromatic heterocycles. The van der Waals surface area contributed by atoms with Crippen molar-refractivity contribution in [1.29, 1.82) is 0 Å². The minimum atomic E-state index is -0.596. The van der Waals surface area contributed by atoms with Gasteiger partial charge in [-0.15, -0.1) is 0 Å². The van der Waals surface area contributed by atoms with Crippen LogP contribution in [-0.4, -0.2) is 41.9 Å². The molecule has 0 aliphatic heterocycles. The van der Waals surface area contributed by atoms with E-state index in [1.54, 1.807) is 20.8 Å². The quantitative estimate of drug-likeness (QED) is 0.618. The van der Waals surface area contributed by atoms with Crippen LogP contribution in [0.2, 0.25) is 0 Å². The highest BCUT2D eigenvalue weighted by molar-refractivity contribution is 5.73. The van der Waals surface area contributed by atoms with Crippen LogP contribution < -0.4 is 5.43 Å². The SMILES string of the molecule is COC(=O)CN(NC(=O)OC(C)(C)C)C(C)(C)C. The van der Waals surface area contributed by atoms with Gasteiger partial charge in [-0.05, 0) is 41.5 Å². The highest BCUT2D eigenvalue weighted by Gasteiger charge is 2.27. The molecule has 18 heavy (non-hydrogen) atoms. The maximum Gasteiger partial charge on any atom is 0.422 e. The van der Waals surface area contributed by atoms with Crippen LogP contribution in [-0.2, 0) is 14.3 Å². The molecule has 0 unspecified atom stereocenters. The Balaban J connectivity index is 4.61. The van der Waals surface area contributed by atoms with Crippen molar-refractivity contribution in [2.75, 3.05) is 13.7 Å². The standard InChI is InChI=1S/C12H24N2O4/c1-11(2,3)14(8-9(15)17-7)13-10(16)18-12(4,5)6/h8H2,1-7H3,(H,13,16). The van der Waals surface area contributed by atoms with E-state index < -0.39 is 23.2 Å². The van der Waals surface area contributed by atoms with E-state index in [9.17, 15) is 9.59 Å². The van der Waals surface area contributed by atoms with E-state index in [1.807, 2.05) is 20.8 Å². The van der Waals surface area contributed by atoms with Crippen molar-refractivity contribution in [1.82, 2.24) is 10.4 Å². The van der Waals surface area contributed by atoms with E-state index in [1.165, 1.54) is 12.1 Å². The lowest BCUT2D eigenvalue weighted by Gasteiger charge is -2.35. The van der Waals surface area contributed by atoms with E-state index in [2.05, 4.69) is 10.2 Å². The van der Waals surface area contributed by atoms with Crippen LogP contribution in [0.1, 0.15) is 41.5 Å². The topological polar surface area (TPSA) is 67.9 Å². The summed E-state index contributed by atoms with van der Waals surface area (Å²) in [6, 6.07) is 0. The smallest absolute Gasteiger partial charge is 0.422 e. The molecule has 0 saturated heterocycles. The van der Waals surface area contributed by atoms with E-state index in [4.69, 9.17) is 4.74 Å². The summed E-state index contributed by atoms with van der Waals surface area (Å²) in [6.07, 6.45) is -0.596. The summed E-state index contributed by atoms with van der Waals surface area (Å²) < 4.78 is 9.72. The molecule has 0 heterocycles. The molecule has 0 atom stereocenters. The number of hydrogen-bond donors (Lipinski definition) is 1. The molecule has 6 nitrogen and oxygen atoms in total. The highest BCUT2D eigenvalue weighted by Crippen LogP contribution is 2.12. The molecule has 106 valence electrons. The number of carbonyl (C=O) groups is 2. The molecule has 0 fully saturated rings. The zero-order chi connectivity index (χ0) is 14.6. The van der Waals surface area contributed by atoms with E-state index in [-0.39, 0.29) is 6.54 Å². The molecule has 0 saturated carbocycles. The minimum Gasteiger partial charge on any atom is -0.468 e. The zero-order valence-electron chi connectivity index (χ0n) is 12.3. The molecule has 0 rings (SSSR count). The van der Waals surface area contributed by atoms with Gasteiger partial charge < -0.3 is 9.47 Å². The van der Waals surface area contributed by atoms with Crippen molar-refractivity contribution in [2.45, 2.75) is 52.7 Å². The highest BCUT2D eigenvalue weighted by atomic mass is 16.6. The Morgan fingerprint density at radius 2 is 1.61 bits per heavy atom. The largest absolute Gasteiger partial charge is 0.468 e. The Morgan fingerprint density at radius 3 is 1.94 bits per heavy atom. The van der Waals surface area contributed by atoms with Crippen molar-refractivity contribution in [2.24, 2.45) is 0 Å². The lowest BCUT2D eigenvalue weighted by atomic mass is 10.1. The third kappa shape index (κ3) is 7.11. The first-order valence-corrected chi connectivity index (χ1v) is 5.80. The van der Waals surface area contributed by atoms with Crippen LogP contribution in [0.25, 0.3) is 0 Å². The molecule has 0 aromatic carbocycles. The van der Waals surface area contributed by atoms with Crippen molar-refractivity contribution >= 4 is 12.1 Å². The maximum absolute atomic E-state index is 11.7. The summed E-state index contributed by atoms with van der Waals surface area (Å²) >= 11 is 0. The third-order valence-electron chi connectivity index (χ3n) is 1.95. The van der Waals surface area contributed by atoms with E-state index in [0.29, 0.717) is 0 Å². The average molecular weight is 260 g/mol. The van der Waals surface area contributed by atoms with Crippen LogP contribution in [0.15, 0.2) is 0 Å². The molecular formula is C12H24N2O4. The van der Waals surface area contributed by atoms with E-state index in [0.717, 1.165) is 0 Å². The Kier molecular flexibility index (Phi) is 5.60. The number of ether oxygens (including phenoxy) is 2. The molecule has 0 spiro atoms. The van der Waals surface area contributed by atoms with Gasteiger partial charge in [-0.2, -0.15) is 0 Å². The molecular weight excluding hydrogens is 236 g/mol. The Morgan fingerprint density at radius 1 is 1.11 bits per heavy atom. The predicted octanol–water partition coefficient (Wildman–Crippen LogP) is 1.70.